The molecule has 0 unspecified atom stereocenters. The van der Waals surface area contributed by atoms with Gasteiger partial charge in [-0.1, -0.05) is 24.3 Å². The molecule has 2 rings (SSSR count). The Morgan fingerprint density at radius 2 is 1.65 bits per heavy atom. The van der Waals surface area contributed by atoms with Crippen molar-refractivity contribution in [1.29, 1.82) is 0 Å². The molecule has 20 heavy (non-hydrogen) atoms. The van der Waals surface area contributed by atoms with Gasteiger partial charge in [0.15, 0.2) is 0 Å². The van der Waals surface area contributed by atoms with Crippen molar-refractivity contribution in [3.63, 3.8) is 0 Å². The van der Waals surface area contributed by atoms with Gasteiger partial charge in [0, 0.05) is 18.2 Å². The van der Waals surface area contributed by atoms with Gasteiger partial charge in [-0.3, -0.25) is 0 Å². The van der Waals surface area contributed by atoms with Crippen LogP contribution in [0.15, 0.2) is 42.5 Å². The smallest absolute Gasteiger partial charge is 0.218 e. The highest BCUT2D eigenvalue weighted by molar-refractivity contribution is 6.84. The molecule has 0 aliphatic heterocycles. The van der Waals surface area contributed by atoms with E-state index in [1.165, 1.54) is 12.1 Å². The molecule has 0 amide bonds. The quantitative estimate of drug-likeness (QED) is 0.772. The van der Waals surface area contributed by atoms with E-state index in [0.29, 0.717) is 12.2 Å². The van der Waals surface area contributed by atoms with Gasteiger partial charge in [-0.2, -0.15) is 0 Å². The Kier molecular flexibility index (Phi) is 4.35. The summed E-state index contributed by atoms with van der Waals surface area (Å²) >= 11 is 0. The lowest BCUT2D eigenvalue weighted by Crippen LogP contribution is -2.44. The number of hydrogen-bond acceptors (Lipinski definition) is 1. The van der Waals surface area contributed by atoms with E-state index in [9.17, 15) is 8.78 Å². The van der Waals surface area contributed by atoms with Crippen LogP contribution >= 0.6 is 0 Å². The minimum absolute atomic E-state index is 0.411. The predicted molar refractivity (Wildman–Crippen MR) is 80.5 cm³/mol. The third kappa shape index (κ3) is 3.14. The molecule has 1 nitrogen and oxygen atoms in total. The van der Waals surface area contributed by atoms with Gasteiger partial charge in [-0.05, 0) is 42.9 Å². The number of rotatable bonds is 4. The van der Waals surface area contributed by atoms with E-state index in [4.69, 9.17) is 4.43 Å². The molecule has 0 aromatic heterocycles. The number of halogens is 2. The summed E-state index contributed by atoms with van der Waals surface area (Å²) in [6, 6.07) is 11.3. The highest BCUT2D eigenvalue weighted by Gasteiger charge is 2.24. The standard InChI is InChI=1S/C16H18F2OSi/c1-4-19-20(2,3)14-8-5-12(6-9-14)15-10-7-13(17)11-16(15)18/h5-11H,4H2,1-3H3. The molecule has 0 radical (unpaired) electrons. The predicted octanol–water partition coefficient (Wildman–Crippen LogP) is 4.08. The Labute approximate surface area is 119 Å². The van der Waals surface area contributed by atoms with E-state index < -0.39 is 20.0 Å². The molecular weight excluding hydrogens is 274 g/mol. The molecule has 0 spiro atoms. The summed E-state index contributed by atoms with van der Waals surface area (Å²) in [6.07, 6.45) is 0. The van der Waals surface area contributed by atoms with Gasteiger partial charge in [-0.15, -0.1) is 0 Å². The molecule has 106 valence electrons. The Hall–Kier alpha value is -1.52. The molecular formula is C16H18F2OSi. The molecule has 4 heteroatoms. The van der Waals surface area contributed by atoms with E-state index in [1.54, 1.807) is 0 Å². The lowest BCUT2D eigenvalue weighted by atomic mass is 10.1. The Morgan fingerprint density at radius 1 is 1.00 bits per heavy atom. The SMILES string of the molecule is CCO[Si](C)(C)c1ccc(-c2ccc(F)cc2F)cc1. The first-order chi connectivity index (χ1) is 9.44. The van der Waals surface area contributed by atoms with Crippen LogP contribution in [0.1, 0.15) is 6.92 Å². The minimum atomic E-state index is -1.88. The zero-order chi connectivity index (χ0) is 14.8. The first kappa shape index (κ1) is 14.9. The minimum Gasteiger partial charge on any atom is -0.413 e. The summed E-state index contributed by atoms with van der Waals surface area (Å²) in [5, 5.41) is 1.16. The monoisotopic (exact) mass is 292 g/mol. The summed E-state index contributed by atoms with van der Waals surface area (Å²) in [6.45, 7) is 6.93. The zero-order valence-corrected chi connectivity index (χ0v) is 12.9. The third-order valence-electron chi connectivity index (χ3n) is 3.33. The van der Waals surface area contributed by atoms with Crippen LogP contribution < -0.4 is 5.19 Å². The van der Waals surface area contributed by atoms with Gasteiger partial charge >= 0.3 is 0 Å². The van der Waals surface area contributed by atoms with Crippen LogP contribution in [0.25, 0.3) is 11.1 Å². The molecule has 2 aromatic rings. The van der Waals surface area contributed by atoms with Crippen molar-refractivity contribution in [3.05, 3.63) is 54.1 Å². The van der Waals surface area contributed by atoms with Crippen molar-refractivity contribution >= 4 is 13.5 Å². The fraction of sp³-hybridized carbons (Fsp3) is 0.250. The molecule has 2 aromatic carbocycles. The van der Waals surface area contributed by atoms with Gasteiger partial charge in [0.2, 0.25) is 8.32 Å². The normalized spacial score (nSPS) is 11.7. The zero-order valence-electron chi connectivity index (χ0n) is 11.9. The van der Waals surface area contributed by atoms with Crippen molar-refractivity contribution in [3.8, 4) is 11.1 Å². The van der Waals surface area contributed by atoms with Crippen LogP contribution in [0, 0.1) is 11.6 Å². The maximum atomic E-state index is 13.7. The van der Waals surface area contributed by atoms with Crippen molar-refractivity contribution in [2.45, 2.75) is 20.0 Å². The average Bonchev–Trinajstić information content (AvgIpc) is 2.39. The van der Waals surface area contributed by atoms with Crippen LogP contribution in [0.2, 0.25) is 13.1 Å². The fourth-order valence-electron chi connectivity index (χ4n) is 2.22. The van der Waals surface area contributed by atoms with E-state index in [-0.39, 0.29) is 0 Å². The van der Waals surface area contributed by atoms with Gasteiger partial charge in [-0.25, -0.2) is 8.78 Å². The molecule has 0 aliphatic carbocycles. The second kappa shape index (κ2) is 5.85. The summed E-state index contributed by atoms with van der Waals surface area (Å²) in [5.41, 5.74) is 1.15. The maximum Gasteiger partial charge on any atom is 0.218 e. The first-order valence-electron chi connectivity index (χ1n) is 6.64. The highest BCUT2D eigenvalue weighted by atomic mass is 28.4. The Bertz CT molecular complexity index is 594. The largest absolute Gasteiger partial charge is 0.413 e. The molecule has 0 atom stereocenters. The molecule has 0 N–H and O–H groups in total. The number of benzene rings is 2. The molecule has 0 bridgehead atoms. The van der Waals surface area contributed by atoms with E-state index in [0.717, 1.165) is 16.8 Å². The second-order valence-electron chi connectivity index (χ2n) is 5.14. The van der Waals surface area contributed by atoms with Crippen LogP contribution in [0.5, 0.6) is 0 Å². The van der Waals surface area contributed by atoms with Crippen LogP contribution in [-0.4, -0.2) is 14.9 Å². The summed E-state index contributed by atoms with van der Waals surface area (Å²) in [5.74, 6) is -1.10. The Morgan fingerprint density at radius 3 is 2.20 bits per heavy atom. The average molecular weight is 292 g/mol. The van der Waals surface area contributed by atoms with Crippen molar-refractivity contribution in [2.24, 2.45) is 0 Å². The highest BCUT2D eigenvalue weighted by Crippen LogP contribution is 2.23. The molecule has 0 heterocycles. The van der Waals surface area contributed by atoms with Crippen LogP contribution in [0.3, 0.4) is 0 Å². The molecule has 0 fully saturated rings. The van der Waals surface area contributed by atoms with E-state index >= 15 is 0 Å². The lowest BCUT2D eigenvalue weighted by Gasteiger charge is -2.22. The van der Waals surface area contributed by atoms with E-state index in [2.05, 4.69) is 13.1 Å². The van der Waals surface area contributed by atoms with Crippen molar-refractivity contribution in [2.75, 3.05) is 6.61 Å². The van der Waals surface area contributed by atoms with E-state index in [1.807, 2.05) is 31.2 Å². The molecule has 0 saturated carbocycles. The Balaban J connectivity index is 2.33. The summed E-state index contributed by atoms with van der Waals surface area (Å²) < 4.78 is 32.5. The lowest BCUT2D eigenvalue weighted by molar-refractivity contribution is 0.339. The first-order valence-corrected chi connectivity index (χ1v) is 9.55. The fourth-order valence-corrected chi connectivity index (χ4v) is 4.08. The van der Waals surface area contributed by atoms with Crippen LogP contribution in [-0.2, 0) is 4.43 Å². The maximum absolute atomic E-state index is 13.7. The second-order valence-corrected chi connectivity index (χ2v) is 9.03. The van der Waals surface area contributed by atoms with Crippen LogP contribution in [0.4, 0.5) is 8.78 Å². The molecule has 0 aliphatic rings. The number of hydrogen-bond donors (Lipinski definition) is 0. The van der Waals surface area contributed by atoms with Gasteiger partial charge in [0.1, 0.15) is 11.6 Å². The van der Waals surface area contributed by atoms with Gasteiger partial charge < -0.3 is 4.43 Å². The topological polar surface area (TPSA) is 9.23 Å². The molecule has 0 saturated heterocycles. The van der Waals surface area contributed by atoms with Gasteiger partial charge in [0.25, 0.3) is 0 Å². The van der Waals surface area contributed by atoms with Gasteiger partial charge in [0.05, 0.1) is 0 Å². The van der Waals surface area contributed by atoms with Crippen molar-refractivity contribution in [1.82, 2.24) is 0 Å². The van der Waals surface area contributed by atoms with Crippen molar-refractivity contribution < 1.29 is 13.2 Å². The summed E-state index contributed by atoms with van der Waals surface area (Å²) in [7, 11) is -1.88. The third-order valence-corrected chi connectivity index (χ3v) is 6.06. The summed E-state index contributed by atoms with van der Waals surface area (Å²) in [4.78, 5) is 0.